The topological polar surface area (TPSA) is 50.1 Å². The number of para-hydroxylation sites is 1. The van der Waals surface area contributed by atoms with Gasteiger partial charge in [0.15, 0.2) is 0 Å². The van der Waals surface area contributed by atoms with E-state index in [1.54, 1.807) is 36.4 Å². The van der Waals surface area contributed by atoms with Gasteiger partial charge in [0.1, 0.15) is 11.8 Å². The Balaban J connectivity index is 2.18. The summed E-state index contributed by atoms with van der Waals surface area (Å²) >= 11 is 0. The van der Waals surface area contributed by atoms with Crippen molar-refractivity contribution in [2.75, 3.05) is 0 Å². The summed E-state index contributed by atoms with van der Waals surface area (Å²) in [5, 5.41) is 8.93. The Morgan fingerprint density at radius 2 is 1.84 bits per heavy atom. The quantitative estimate of drug-likeness (QED) is 0.621. The number of hydrogen-bond acceptors (Lipinski definition) is 3. The molecule has 2 aromatic carbocycles. The van der Waals surface area contributed by atoms with Gasteiger partial charge in [-0.3, -0.25) is 0 Å². The van der Waals surface area contributed by atoms with Crippen molar-refractivity contribution in [1.29, 1.82) is 5.26 Å². The van der Waals surface area contributed by atoms with E-state index in [0.29, 0.717) is 11.1 Å². The van der Waals surface area contributed by atoms with Crippen LogP contribution in [0.5, 0.6) is 5.75 Å². The lowest BCUT2D eigenvalue weighted by atomic mass is 10.1. The summed E-state index contributed by atoms with van der Waals surface area (Å²) in [7, 11) is 0. The number of hydrogen-bond donors (Lipinski definition) is 0. The van der Waals surface area contributed by atoms with E-state index in [4.69, 9.17) is 10.00 Å². The van der Waals surface area contributed by atoms with Crippen molar-refractivity contribution in [3.63, 3.8) is 0 Å². The van der Waals surface area contributed by atoms with E-state index in [1.165, 1.54) is 0 Å². The van der Waals surface area contributed by atoms with Crippen molar-refractivity contribution in [3.05, 3.63) is 65.2 Å². The van der Waals surface area contributed by atoms with Gasteiger partial charge in [0.25, 0.3) is 0 Å². The standard InChI is InChI=1S/C16H13NO2/c1-2-12-7-9-13(10-8-12)16(18)19-15-6-4-3-5-14(15)11-17/h3-10H,2H2,1H3. The molecule has 0 aromatic heterocycles. The Bertz CT molecular complexity index is 624. The molecule has 0 saturated carbocycles. The lowest BCUT2D eigenvalue weighted by Gasteiger charge is -2.06. The normalized spacial score (nSPS) is 9.68. The molecular weight excluding hydrogens is 238 g/mol. The first-order valence-corrected chi connectivity index (χ1v) is 6.05. The third kappa shape index (κ3) is 2.99. The molecular formula is C16H13NO2. The van der Waals surface area contributed by atoms with Crippen molar-refractivity contribution < 1.29 is 9.53 Å². The van der Waals surface area contributed by atoms with Crippen molar-refractivity contribution in [3.8, 4) is 11.8 Å². The molecule has 0 spiro atoms. The highest BCUT2D eigenvalue weighted by Crippen LogP contribution is 2.18. The lowest BCUT2D eigenvalue weighted by molar-refractivity contribution is 0.0734. The minimum absolute atomic E-state index is 0.287. The highest BCUT2D eigenvalue weighted by Gasteiger charge is 2.10. The van der Waals surface area contributed by atoms with E-state index in [0.717, 1.165) is 12.0 Å². The fourth-order valence-corrected chi connectivity index (χ4v) is 1.68. The van der Waals surface area contributed by atoms with Crippen LogP contribution in [0.3, 0.4) is 0 Å². The summed E-state index contributed by atoms with van der Waals surface area (Å²) < 4.78 is 5.23. The van der Waals surface area contributed by atoms with Gasteiger partial charge < -0.3 is 4.74 Å². The van der Waals surface area contributed by atoms with Crippen LogP contribution < -0.4 is 4.74 Å². The molecule has 0 saturated heterocycles. The van der Waals surface area contributed by atoms with Gasteiger partial charge >= 0.3 is 5.97 Å². The first-order valence-electron chi connectivity index (χ1n) is 6.05. The molecule has 0 heterocycles. The Morgan fingerprint density at radius 3 is 2.47 bits per heavy atom. The summed E-state index contributed by atoms with van der Waals surface area (Å²) in [6, 6.07) is 15.9. The number of nitrogens with zero attached hydrogens (tertiary/aromatic N) is 1. The molecule has 0 bridgehead atoms. The SMILES string of the molecule is CCc1ccc(C(=O)Oc2ccccc2C#N)cc1. The number of carbonyl (C=O) groups is 1. The first-order chi connectivity index (χ1) is 9.24. The van der Waals surface area contributed by atoms with Gasteiger partial charge in [0, 0.05) is 0 Å². The molecule has 0 radical (unpaired) electrons. The van der Waals surface area contributed by atoms with Crippen molar-refractivity contribution >= 4 is 5.97 Å². The maximum atomic E-state index is 12.0. The Kier molecular flexibility index (Phi) is 3.94. The Morgan fingerprint density at radius 1 is 1.16 bits per heavy atom. The first kappa shape index (κ1) is 12.8. The minimum Gasteiger partial charge on any atom is -0.422 e. The monoisotopic (exact) mass is 251 g/mol. The number of benzene rings is 2. The smallest absolute Gasteiger partial charge is 0.343 e. The average molecular weight is 251 g/mol. The van der Waals surface area contributed by atoms with Crippen LogP contribution in [-0.2, 0) is 6.42 Å². The molecule has 0 N–H and O–H groups in total. The fraction of sp³-hybridized carbons (Fsp3) is 0.125. The Hall–Kier alpha value is -2.60. The van der Waals surface area contributed by atoms with E-state index >= 15 is 0 Å². The largest absolute Gasteiger partial charge is 0.422 e. The van der Waals surface area contributed by atoms with Gasteiger partial charge in [0.05, 0.1) is 11.1 Å². The molecule has 0 aliphatic rings. The Labute approximate surface area is 112 Å². The third-order valence-corrected chi connectivity index (χ3v) is 2.81. The number of esters is 1. The summed E-state index contributed by atoms with van der Waals surface area (Å²) in [5.41, 5.74) is 1.99. The fourth-order valence-electron chi connectivity index (χ4n) is 1.68. The molecule has 3 heteroatoms. The van der Waals surface area contributed by atoms with Crippen LogP contribution in [0, 0.1) is 11.3 Å². The molecule has 94 valence electrons. The summed E-state index contributed by atoms with van der Waals surface area (Å²) in [4.78, 5) is 12.0. The van der Waals surface area contributed by atoms with E-state index < -0.39 is 5.97 Å². The van der Waals surface area contributed by atoms with Crippen LogP contribution >= 0.6 is 0 Å². The lowest BCUT2D eigenvalue weighted by Crippen LogP contribution is -2.09. The molecule has 0 aliphatic heterocycles. The van der Waals surface area contributed by atoms with Gasteiger partial charge in [-0.1, -0.05) is 31.2 Å². The van der Waals surface area contributed by atoms with Crippen molar-refractivity contribution in [2.24, 2.45) is 0 Å². The second-order valence-electron chi connectivity index (χ2n) is 4.05. The molecule has 0 amide bonds. The van der Waals surface area contributed by atoms with Crippen molar-refractivity contribution in [1.82, 2.24) is 0 Å². The molecule has 2 aromatic rings. The minimum atomic E-state index is -0.453. The molecule has 0 aliphatic carbocycles. The molecule has 3 nitrogen and oxygen atoms in total. The maximum absolute atomic E-state index is 12.0. The zero-order chi connectivity index (χ0) is 13.7. The third-order valence-electron chi connectivity index (χ3n) is 2.81. The molecule has 0 unspecified atom stereocenters. The number of ether oxygens (including phenoxy) is 1. The highest BCUT2D eigenvalue weighted by atomic mass is 16.5. The van der Waals surface area contributed by atoms with Crippen LogP contribution in [0.4, 0.5) is 0 Å². The van der Waals surface area contributed by atoms with Gasteiger partial charge in [-0.05, 0) is 36.2 Å². The average Bonchev–Trinajstić information content (AvgIpc) is 2.48. The number of aryl methyl sites for hydroxylation is 1. The highest BCUT2D eigenvalue weighted by molar-refractivity contribution is 5.91. The molecule has 19 heavy (non-hydrogen) atoms. The van der Waals surface area contributed by atoms with Gasteiger partial charge in [-0.25, -0.2) is 4.79 Å². The number of carbonyl (C=O) groups excluding carboxylic acids is 1. The van der Waals surface area contributed by atoms with Crippen LogP contribution in [0.2, 0.25) is 0 Å². The van der Waals surface area contributed by atoms with Crippen LogP contribution in [-0.4, -0.2) is 5.97 Å². The zero-order valence-electron chi connectivity index (χ0n) is 10.6. The van der Waals surface area contributed by atoms with Crippen LogP contribution in [0.25, 0.3) is 0 Å². The predicted molar refractivity (Wildman–Crippen MR) is 71.9 cm³/mol. The van der Waals surface area contributed by atoms with Crippen LogP contribution in [0.15, 0.2) is 48.5 Å². The second kappa shape index (κ2) is 5.83. The van der Waals surface area contributed by atoms with Gasteiger partial charge in [-0.2, -0.15) is 5.26 Å². The van der Waals surface area contributed by atoms with E-state index in [1.807, 2.05) is 18.2 Å². The maximum Gasteiger partial charge on any atom is 0.343 e. The van der Waals surface area contributed by atoms with Gasteiger partial charge in [0.2, 0.25) is 0 Å². The predicted octanol–water partition coefficient (Wildman–Crippen LogP) is 3.34. The van der Waals surface area contributed by atoms with Gasteiger partial charge in [-0.15, -0.1) is 0 Å². The number of rotatable bonds is 3. The second-order valence-corrected chi connectivity index (χ2v) is 4.05. The molecule has 2 rings (SSSR count). The zero-order valence-corrected chi connectivity index (χ0v) is 10.6. The summed E-state index contributed by atoms with van der Waals surface area (Å²) in [6.07, 6.45) is 0.923. The summed E-state index contributed by atoms with van der Waals surface area (Å²) in [6.45, 7) is 2.05. The molecule has 0 fully saturated rings. The number of nitriles is 1. The van der Waals surface area contributed by atoms with E-state index in [9.17, 15) is 4.79 Å². The summed E-state index contributed by atoms with van der Waals surface area (Å²) in [5.74, 6) is -0.167. The van der Waals surface area contributed by atoms with E-state index in [-0.39, 0.29) is 5.75 Å². The van der Waals surface area contributed by atoms with Crippen LogP contribution in [0.1, 0.15) is 28.4 Å². The van der Waals surface area contributed by atoms with Crippen molar-refractivity contribution in [2.45, 2.75) is 13.3 Å². The molecule has 0 atom stereocenters. The van der Waals surface area contributed by atoms with E-state index in [2.05, 4.69) is 6.92 Å².